The van der Waals surface area contributed by atoms with E-state index < -0.39 is 6.04 Å². The van der Waals surface area contributed by atoms with Crippen molar-refractivity contribution in [2.75, 3.05) is 27.9 Å². The van der Waals surface area contributed by atoms with Crippen LogP contribution >= 0.6 is 0 Å². The van der Waals surface area contributed by atoms with E-state index in [1.807, 2.05) is 24.3 Å². The second-order valence-electron chi connectivity index (χ2n) is 6.96. The fourth-order valence-electron chi connectivity index (χ4n) is 3.48. The number of carbonyl (C=O) groups is 2. The molecule has 3 rings (SSSR count). The number of hydrogen-bond donors (Lipinski definition) is 1. The Labute approximate surface area is 186 Å². The highest BCUT2D eigenvalue weighted by atomic mass is 16.5. The molecule has 1 heterocycles. The standard InChI is InChI=1S/C23H27N3O6/c1-6-32-20(27)13-26-17-10-8-7-9-16(17)25-22(26)14(2)24-23(28)15-11-18(29-3)21(31-5)19(12-15)30-4/h7-12,14H,6,13H2,1-5H3,(H,24,28). The van der Waals surface area contributed by atoms with Crippen molar-refractivity contribution in [2.24, 2.45) is 0 Å². The molecule has 0 saturated carbocycles. The first kappa shape index (κ1) is 22.9. The fraction of sp³-hybridized carbons (Fsp3) is 0.348. The van der Waals surface area contributed by atoms with Crippen molar-refractivity contribution in [3.63, 3.8) is 0 Å². The number of benzene rings is 2. The number of rotatable bonds is 9. The number of methoxy groups -OCH3 is 3. The van der Waals surface area contributed by atoms with Gasteiger partial charge in [-0.05, 0) is 38.1 Å². The zero-order valence-electron chi connectivity index (χ0n) is 18.8. The van der Waals surface area contributed by atoms with Crippen molar-refractivity contribution in [2.45, 2.75) is 26.4 Å². The van der Waals surface area contributed by atoms with Crippen LogP contribution in [-0.2, 0) is 16.1 Å². The number of imidazole rings is 1. The molecule has 32 heavy (non-hydrogen) atoms. The van der Waals surface area contributed by atoms with Crippen molar-refractivity contribution in [1.29, 1.82) is 0 Å². The number of hydrogen-bond acceptors (Lipinski definition) is 7. The number of nitrogens with one attached hydrogen (secondary N) is 1. The van der Waals surface area contributed by atoms with Crippen LogP contribution in [0.4, 0.5) is 0 Å². The zero-order valence-corrected chi connectivity index (χ0v) is 18.8. The van der Waals surface area contributed by atoms with E-state index in [9.17, 15) is 9.59 Å². The molecule has 0 radical (unpaired) electrons. The molecule has 1 atom stereocenters. The first-order valence-electron chi connectivity index (χ1n) is 10.1. The maximum atomic E-state index is 13.0. The van der Waals surface area contributed by atoms with Crippen molar-refractivity contribution in [3.8, 4) is 17.2 Å². The SMILES string of the molecule is CCOC(=O)Cn1c(C(C)NC(=O)c2cc(OC)c(OC)c(OC)c2)nc2ccccc21. The Balaban J connectivity index is 1.92. The lowest BCUT2D eigenvalue weighted by Crippen LogP contribution is -2.29. The molecule has 0 fully saturated rings. The van der Waals surface area contributed by atoms with Gasteiger partial charge in [-0.3, -0.25) is 9.59 Å². The number of carbonyl (C=O) groups excluding carboxylic acids is 2. The van der Waals surface area contributed by atoms with E-state index in [4.69, 9.17) is 18.9 Å². The molecule has 3 aromatic rings. The maximum absolute atomic E-state index is 13.0. The van der Waals surface area contributed by atoms with E-state index in [1.165, 1.54) is 21.3 Å². The van der Waals surface area contributed by atoms with Crippen LogP contribution in [0.5, 0.6) is 17.2 Å². The molecule has 0 saturated heterocycles. The molecule has 1 unspecified atom stereocenters. The predicted molar refractivity (Wildman–Crippen MR) is 118 cm³/mol. The minimum absolute atomic E-state index is 0.00587. The van der Waals surface area contributed by atoms with Gasteiger partial charge in [-0.25, -0.2) is 4.98 Å². The molecular formula is C23H27N3O6. The van der Waals surface area contributed by atoms with E-state index in [0.29, 0.717) is 28.6 Å². The summed E-state index contributed by atoms with van der Waals surface area (Å²) in [6.07, 6.45) is 0. The Morgan fingerprint density at radius 2 is 1.72 bits per heavy atom. The largest absolute Gasteiger partial charge is 0.493 e. The predicted octanol–water partition coefficient (Wildman–Crippen LogP) is 3.12. The lowest BCUT2D eigenvalue weighted by molar-refractivity contribution is -0.143. The summed E-state index contributed by atoms with van der Waals surface area (Å²) in [6, 6.07) is 10.1. The minimum Gasteiger partial charge on any atom is -0.493 e. The van der Waals surface area contributed by atoms with Gasteiger partial charge >= 0.3 is 5.97 Å². The lowest BCUT2D eigenvalue weighted by Gasteiger charge is -2.17. The van der Waals surface area contributed by atoms with Gasteiger partial charge in [0.2, 0.25) is 5.75 Å². The van der Waals surface area contributed by atoms with Gasteiger partial charge in [0.05, 0.1) is 45.0 Å². The van der Waals surface area contributed by atoms with Gasteiger partial charge in [0.15, 0.2) is 11.5 Å². The third-order valence-corrected chi connectivity index (χ3v) is 4.94. The topological polar surface area (TPSA) is 101 Å². The van der Waals surface area contributed by atoms with Crippen LogP contribution in [0.2, 0.25) is 0 Å². The number of ether oxygens (including phenoxy) is 4. The van der Waals surface area contributed by atoms with Crippen LogP contribution in [0, 0.1) is 0 Å². The number of nitrogens with zero attached hydrogens (tertiary/aromatic N) is 2. The summed E-state index contributed by atoms with van der Waals surface area (Å²) in [7, 11) is 4.47. The average Bonchev–Trinajstić information content (AvgIpc) is 3.16. The molecule has 170 valence electrons. The van der Waals surface area contributed by atoms with E-state index in [0.717, 1.165) is 11.0 Å². The number of esters is 1. The highest BCUT2D eigenvalue weighted by Gasteiger charge is 2.23. The highest BCUT2D eigenvalue weighted by molar-refractivity contribution is 5.96. The van der Waals surface area contributed by atoms with Gasteiger partial charge in [0.25, 0.3) is 5.91 Å². The smallest absolute Gasteiger partial charge is 0.326 e. The second kappa shape index (κ2) is 10.0. The van der Waals surface area contributed by atoms with Crippen LogP contribution in [0.15, 0.2) is 36.4 Å². The summed E-state index contributed by atoms with van der Waals surface area (Å²) in [4.78, 5) is 29.8. The number of aromatic nitrogens is 2. The van der Waals surface area contributed by atoms with Crippen LogP contribution in [0.1, 0.15) is 36.1 Å². The Morgan fingerprint density at radius 3 is 2.31 bits per heavy atom. The third-order valence-electron chi connectivity index (χ3n) is 4.94. The molecule has 1 N–H and O–H groups in total. The molecule has 0 aliphatic carbocycles. The lowest BCUT2D eigenvalue weighted by atomic mass is 10.1. The van der Waals surface area contributed by atoms with Crippen LogP contribution in [-0.4, -0.2) is 49.4 Å². The summed E-state index contributed by atoms with van der Waals surface area (Å²) in [5, 5.41) is 2.93. The van der Waals surface area contributed by atoms with Crippen molar-refractivity contribution in [3.05, 3.63) is 47.8 Å². The summed E-state index contributed by atoms with van der Waals surface area (Å²) >= 11 is 0. The fourth-order valence-corrected chi connectivity index (χ4v) is 3.48. The number of fused-ring (bicyclic) bond motifs is 1. The van der Waals surface area contributed by atoms with Crippen molar-refractivity contribution >= 4 is 22.9 Å². The third kappa shape index (κ3) is 4.61. The summed E-state index contributed by atoms with van der Waals surface area (Å²) in [5.41, 5.74) is 1.84. The van der Waals surface area contributed by atoms with E-state index in [2.05, 4.69) is 10.3 Å². The number of amides is 1. The molecule has 0 spiro atoms. The second-order valence-corrected chi connectivity index (χ2v) is 6.96. The molecule has 9 heteroatoms. The molecule has 9 nitrogen and oxygen atoms in total. The Bertz CT molecular complexity index is 1100. The summed E-state index contributed by atoms with van der Waals surface area (Å²) in [5.74, 6) is 0.959. The van der Waals surface area contributed by atoms with E-state index >= 15 is 0 Å². The van der Waals surface area contributed by atoms with Gasteiger partial charge in [0.1, 0.15) is 12.4 Å². The summed E-state index contributed by atoms with van der Waals surface area (Å²) < 4.78 is 22.8. The highest BCUT2D eigenvalue weighted by Crippen LogP contribution is 2.38. The molecule has 1 aromatic heterocycles. The zero-order chi connectivity index (χ0) is 23.3. The van der Waals surface area contributed by atoms with Crippen LogP contribution in [0.3, 0.4) is 0 Å². The van der Waals surface area contributed by atoms with E-state index in [-0.39, 0.29) is 25.0 Å². The van der Waals surface area contributed by atoms with Gasteiger partial charge < -0.3 is 28.8 Å². The normalized spacial score (nSPS) is 11.7. The molecule has 1 amide bonds. The quantitative estimate of drug-likeness (QED) is 0.509. The first-order valence-corrected chi connectivity index (χ1v) is 10.1. The summed E-state index contributed by atoms with van der Waals surface area (Å²) in [6.45, 7) is 3.84. The molecule has 0 bridgehead atoms. The average molecular weight is 441 g/mol. The van der Waals surface area contributed by atoms with Crippen molar-refractivity contribution in [1.82, 2.24) is 14.9 Å². The van der Waals surface area contributed by atoms with Gasteiger partial charge in [-0.15, -0.1) is 0 Å². The Kier molecular flexibility index (Phi) is 7.19. The number of para-hydroxylation sites is 2. The van der Waals surface area contributed by atoms with Crippen LogP contribution < -0.4 is 19.5 Å². The molecule has 0 aliphatic heterocycles. The van der Waals surface area contributed by atoms with Crippen molar-refractivity contribution < 1.29 is 28.5 Å². The van der Waals surface area contributed by atoms with Gasteiger partial charge in [-0.2, -0.15) is 0 Å². The Morgan fingerprint density at radius 1 is 1.06 bits per heavy atom. The molecule has 0 aliphatic rings. The maximum Gasteiger partial charge on any atom is 0.326 e. The van der Waals surface area contributed by atoms with E-state index in [1.54, 1.807) is 30.5 Å². The van der Waals surface area contributed by atoms with Gasteiger partial charge in [-0.1, -0.05) is 12.1 Å². The Hall–Kier alpha value is -3.75. The molecule has 2 aromatic carbocycles. The van der Waals surface area contributed by atoms with Gasteiger partial charge in [0, 0.05) is 5.56 Å². The minimum atomic E-state index is -0.497. The van der Waals surface area contributed by atoms with Crippen LogP contribution in [0.25, 0.3) is 11.0 Å². The first-order chi connectivity index (χ1) is 15.4. The monoisotopic (exact) mass is 441 g/mol. The molecular weight excluding hydrogens is 414 g/mol.